The molecule has 20 heavy (non-hydrogen) atoms. The number of rotatable bonds is 3. The third kappa shape index (κ3) is 2.94. The fourth-order valence-electron chi connectivity index (χ4n) is 1.88. The van der Waals surface area contributed by atoms with Crippen molar-refractivity contribution in [2.24, 2.45) is 0 Å². The molecule has 4 nitrogen and oxygen atoms in total. The second-order valence-corrected chi connectivity index (χ2v) is 5.72. The minimum Gasteiger partial charge on any atom is -0.486 e. The van der Waals surface area contributed by atoms with Gasteiger partial charge in [0.1, 0.15) is 13.2 Å². The van der Waals surface area contributed by atoms with Crippen molar-refractivity contribution >= 4 is 29.1 Å². The summed E-state index contributed by atoms with van der Waals surface area (Å²) in [6, 6.07) is 7.61. The number of halogens is 1. The first kappa shape index (κ1) is 13.4. The number of anilines is 1. The van der Waals surface area contributed by atoms with Gasteiger partial charge in [0.25, 0.3) is 0 Å². The van der Waals surface area contributed by atoms with Gasteiger partial charge in [-0.2, -0.15) is 0 Å². The van der Waals surface area contributed by atoms with Crippen molar-refractivity contribution in [1.29, 1.82) is 0 Å². The molecule has 0 aliphatic carbocycles. The monoisotopic (exact) mass is 308 g/mol. The van der Waals surface area contributed by atoms with Gasteiger partial charge in [-0.25, -0.2) is 4.98 Å². The number of nitrogen functional groups attached to an aromatic ring is 1. The van der Waals surface area contributed by atoms with E-state index in [9.17, 15) is 0 Å². The first-order chi connectivity index (χ1) is 9.72. The highest BCUT2D eigenvalue weighted by molar-refractivity contribution is 7.98. The maximum absolute atomic E-state index is 6.20. The lowest BCUT2D eigenvalue weighted by molar-refractivity contribution is 0.171. The number of nitrogens with zero attached hydrogens (tertiary/aromatic N) is 1. The molecule has 0 atom stereocenters. The summed E-state index contributed by atoms with van der Waals surface area (Å²) in [5, 5.41) is 1.51. The van der Waals surface area contributed by atoms with E-state index in [-0.39, 0.29) is 0 Å². The van der Waals surface area contributed by atoms with Gasteiger partial charge in [0, 0.05) is 5.75 Å². The lowest BCUT2D eigenvalue weighted by Gasteiger charge is -2.20. The Morgan fingerprint density at radius 3 is 2.90 bits per heavy atom. The summed E-state index contributed by atoms with van der Waals surface area (Å²) < 4.78 is 11.1. The zero-order valence-corrected chi connectivity index (χ0v) is 12.2. The van der Waals surface area contributed by atoms with Gasteiger partial charge >= 0.3 is 0 Å². The van der Waals surface area contributed by atoms with E-state index in [1.165, 1.54) is 0 Å². The van der Waals surface area contributed by atoms with E-state index in [1.54, 1.807) is 18.0 Å². The molecule has 2 N–H and O–H groups in total. The number of fused-ring (bicyclic) bond motifs is 1. The van der Waals surface area contributed by atoms with Crippen molar-refractivity contribution in [3.63, 3.8) is 0 Å². The van der Waals surface area contributed by atoms with Crippen molar-refractivity contribution in [3.8, 4) is 11.5 Å². The van der Waals surface area contributed by atoms with Crippen molar-refractivity contribution < 1.29 is 9.47 Å². The van der Waals surface area contributed by atoms with Gasteiger partial charge < -0.3 is 15.2 Å². The summed E-state index contributed by atoms with van der Waals surface area (Å²) in [5.74, 6) is 2.11. The molecule has 0 unspecified atom stereocenters. The molecule has 0 fully saturated rings. The first-order valence-corrected chi connectivity index (χ1v) is 7.51. The number of hydrogen-bond acceptors (Lipinski definition) is 5. The molecule has 2 heterocycles. The van der Waals surface area contributed by atoms with Crippen molar-refractivity contribution in [2.45, 2.75) is 10.8 Å². The Labute approximate surface area is 126 Å². The summed E-state index contributed by atoms with van der Waals surface area (Å²) in [7, 11) is 0. The van der Waals surface area contributed by atoms with E-state index in [0.29, 0.717) is 35.4 Å². The largest absolute Gasteiger partial charge is 0.486 e. The van der Waals surface area contributed by atoms with Gasteiger partial charge in [-0.05, 0) is 29.8 Å². The molecular formula is C14H13ClN2O2S. The predicted molar refractivity (Wildman–Crippen MR) is 80.7 cm³/mol. The van der Waals surface area contributed by atoms with Crippen LogP contribution in [0.1, 0.15) is 5.56 Å². The molecule has 3 rings (SSSR count). The van der Waals surface area contributed by atoms with Crippen LogP contribution < -0.4 is 15.2 Å². The first-order valence-electron chi connectivity index (χ1n) is 6.15. The number of hydrogen-bond donors (Lipinski definition) is 1. The van der Waals surface area contributed by atoms with E-state index in [4.69, 9.17) is 26.8 Å². The second kappa shape index (κ2) is 5.81. The summed E-state index contributed by atoms with van der Waals surface area (Å²) in [4.78, 5) is 4.25. The van der Waals surface area contributed by atoms with Crippen LogP contribution in [0.5, 0.6) is 11.5 Å². The van der Waals surface area contributed by atoms with Crippen LogP contribution in [-0.4, -0.2) is 18.2 Å². The molecule has 2 aromatic rings. The average molecular weight is 309 g/mol. The normalized spacial score (nSPS) is 13.2. The van der Waals surface area contributed by atoms with Gasteiger partial charge in [-0.1, -0.05) is 11.6 Å². The summed E-state index contributed by atoms with van der Waals surface area (Å²) in [5.41, 5.74) is 7.35. The molecule has 104 valence electrons. The molecule has 1 aliphatic rings. The summed E-state index contributed by atoms with van der Waals surface area (Å²) >= 11 is 7.82. The van der Waals surface area contributed by atoms with E-state index < -0.39 is 0 Å². The van der Waals surface area contributed by atoms with Crippen LogP contribution in [0.4, 0.5) is 5.69 Å². The van der Waals surface area contributed by atoms with Crippen molar-refractivity contribution in [2.75, 3.05) is 18.9 Å². The Bertz CT molecular complexity index is 619. The number of ether oxygens (including phenoxy) is 2. The minimum atomic E-state index is 0.538. The van der Waals surface area contributed by atoms with Crippen LogP contribution >= 0.6 is 23.4 Å². The number of aromatic nitrogens is 1. The average Bonchev–Trinajstić information content (AvgIpc) is 2.47. The molecular weight excluding hydrogens is 296 g/mol. The fourth-order valence-corrected chi connectivity index (χ4v) is 2.94. The number of thioether (sulfide) groups is 1. The van der Waals surface area contributed by atoms with Gasteiger partial charge in [0.15, 0.2) is 11.5 Å². The van der Waals surface area contributed by atoms with Crippen LogP contribution in [0.2, 0.25) is 5.02 Å². The zero-order valence-electron chi connectivity index (χ0n) is 10.6. The maximum Gasteiger partial charge on any atom is 0.179 e. The molecule has 1 aliphatic heterocycles. The van der Waals surface area contributed by atoms with Crippen LogP contribution in [0.15, 0.2) is 35.5 Å². The lowest BCUT2D eigenvalue weighted by atomic mass is 10.2. The highest BCUT2D eigenvalue weighted by Gasteiger charge is 2.16. The predicted octanol–water partition coefficient (Wildman–Crippen LogP) is 3.38. The minimum absolute atomic E-state index is 0.538. The van der Waals surface area contributed by atoms with Gasteiger partial charge in [0.2, 0.25) is 0 Å². The number of pyridine rings is 1. The van der Waals surface area contributed by atoms with Crippen LogP contribution in [0.3, 0.4) is 0 Å². The van der Waals surface area contributed by atoms with E-state index >= 15 is 0 Å². The van der Waals surface area contributed by atoms with Gasteiger partial charge in [0.05, 0.1) is 21.9 Å². The lowest BCUT2D eigenvalue weighted by Crippen LogP contribution is -2.15. The highest BCUT2D eigenvalue weighted by Crippen LogP contribution is 2.39. The third-order valence-electron chi connectivity index (χ3n) is 2.80. The van der Waals surface area contributed by atoms with E-state index in [0.717, 1.165) is 16.3 Å². The molecule has 0 amide bonds. The highest BCUT2D eigenvalue weighted by atomic mass is 35.5. The van der Waals surface area contributed by atoms with Crippen molar-refractivity contribution in [3.05, 3.63) is 41.0 Å². The molecule has 0 bridgehead atoms. The maximum atomic E-state index is 6.20. The SMILES string of the molecule is Nc1ccc(SCc2cc(Cl)c3c(c2)OCCO3)nc1. The Morgan fingerprint density at radius 1 is 1.25 bits per heavy atom. The standard InChI is InChI=1S/C14H13ClN2O2S/c15-11-5-9(6-12-14(11)19-4-3-18-12)8-20-13-2-1-10(16)7-17-13/h1-2,5-7H,3-4,8,16H2. The molecule has 1 aromatic carbocycles. The molecule has 0 spiro atoms. The van der Waals surface area contributed by atoms with Crippen LogP contribution in [-0.2, 0) is 5.75 Å². The Hall–Kier alpha value is -1.59. The molecule has 0 radical (unpaired) electrons. The van der Waals surface area contributed by atoms with Gasteiger partial charge in [-0.15, -0.1) is 11.8 Å². The zero-order chi connectivity index (χ0) is 13.9. The fraction of sp³-hybridized carbons (Fsp3) is 0.214. The molecule has 6 heteroatoms. The Kier molecular flexibility index (Phi) is 3.89. The Morgan fingerprint density at radius 2 is 2.10 bits per heavy atom. The summed E-state index contributed by atoms with van der Waals surface area (Å²) in [6.45, 7) is 1.09. The second-order valence-electron chi connectivity index (χ2n) is 4.32. The van der Waals surface area contributed by atoms with E-state index in [1.807, 2.05) is 24.3 Å². The van der Waals surface area contributed by atoms with Crippen LogP contribution in [0, 0.1) is 0 Å². The number of nitrogens with two attached hydrogens (primary N) is 1. The smallest absolute Gasteiger partial charge is 0.179 e. The van der Waals surface area contributed by atoms with Crippen molar-refractivity contribution in [1.82, 2.24) is 4.98 Å². The van der Waals surface area contributed by atoms with Gasteiger partial charge in [-0.3, -0.25) is 0 Å². The van der Waals surface area contributed by atoms with Crippen LogP contribution in [0.25, 0.3) is 0 Å². The summed E-state index contributed by atoms with van der Waals surface area (Å²) in [6.07, 6.45) is 1.65. The number of benzene rings is 1. The molecule has 1 aromatic heterocycles. The molecule has 0 saturated carbocycles. The quantitative estimate of drug-likeness (QED) is 0.881. The Balaban J connectivity index is 1.74. The molecule has 0 saturated heterocycles. The van der Waals surface area contributed by atoms with E-state index in [2.05, 4.69) is 4.98 Å². The topological polar surface area (TPSA) is 57.4 Å². The third-order valence-corrected chi connectivity index (χ3v) is 4.10.